The Kier molecular flexibility index (Phi) is 7.01. The van der Waals surface area contributed by atoms with Gasteiger partial charge >= 0.3 is 0 Å². The summed E-state index contributed by atoms with van der Waals surface area (Å²) in [7, 11) is 1.81. The lowest BCUT2D eigenvalue weighted by Crippen LogP contribution is -2.40. The summed E-state index contributed by atoms with van der Waals surface area (Å²) in [5, 5.41) is 3.58. The zero-order chi connectivity index (χ0) is 11.8. The minimum Gasteiger partial charge on any atom is -0.384 e. The maximum Gasteiger partial charge on any atom is 0.0503 e. The van der Waals surface area contributed by atoms with Crippen molar-refractivity contribution >= 4 is 0 Å². The van der Waals surface area contributed by atoms with Gasteiger partial charge in [-0.2, -0.15) is 0 Å². The Morgan fingerprint density at radius 3 is 2.88 bits per heavy atom. The number of ether oxygens (including phenoxy) is 1. The van der Waals surface area contributed by atoms with Gasteiger partial charge in [0.1, 0.15) is 0 Å². The SMILES string of the molecule is CCCC(CN1CCC(COC)C1)NCC. The van der Waals surface area contributed by atoms with Crippen molar-refractivity contribution in [1.82, 2.24) is 10.2 Å². The van der Waals surface area contributed by atoms with Gasteiger partial charge in [-0.25, -0.2) is 0 Å². The topological polar surface area (TPSA) is 24.5 Å². The number of nitrogens with zero attached hydrogens (tertiary/aromatic N) is 1. The Bertz CT molecular complexity index is 169. The summed E-state index contributed by atoms with van der Waals surface area (Å²) in [5.74, 6) is 0.758. The Labute approximate surface area is 101 Å². The van der Waals surface area contributed by atoms with Crippen molar-refractivity contribution in [3.05, 3.63) is 0 Å². The molecule has 1 rings (SSSR count). The van der Waals surface area contributed by atoms with Crippen molar-refractivity contribution in [1.29, 1.82) is 0 Å². The number of rotatable bonds is 8. The molecular formula is C13H28N2O. The summed E-state index contributed by atoms with van der Waals surface area (Å²) in [5.41, 5.74) is 0. The monoisotopic (exact) mass is 228 g/mol. The standard InChI is InChI=1S/C13H28N2O/c1-4-6-13(14-5-2)10-15-8-7-12(9-15)11-16-3/h12-14H,4-11H2,1-3H3. The van der Waals surface area contributed by atoms with Crippen LogP contribution in [0.15, 0.2) is 0 Å². The molecule has 1 N–H and O–H groups in total. The molecule has 1 saturated heterocycles. The van der Waals surface area contributed by atoms with Crippen molar-refractivity contribution in [2.75, 3.05) is 39.9 Å². The lowest BCUT2D eigenvalue weighted by Gasteiger charge is -2.24. The van der Waals surface area contributed by atoms with Crippen LogP contribution in [0.4, 0.5) is 0 Å². The third-order valence-corrected chi connectivity index (χ3v) is 3.38. The van der Waals surface area contributed by atoms with Gasteiger partial charge in [-0.05, 0) is 31.8 Å². The van der Waals surface area contributed by atoms with Crippen molar-refractivity contribution in [2.24, 2.45) is 5.92 Å². The number of hydrogen-bond donors (Lipinski definition) is 1. The molecule has 1 aliphatic rings. The highest BCUT2D eigenvalue weighted by Crippen LogP contribution is 2.17. The smallest absolute Gasteiger partial charge is 0.0503 e. The fourth-order valence-electron chi connectivity index (χ4n) is 2.66. The van der Waals surface area contributed by atoms with Crippen molar-refractivity contribution in [3.8, 4) is 0 Å². The van der Waals surface area contributed by atoms with E-state index in [4.69, 9.17) is 4.74 Å². The van der Waals surface area contributed by atoms with Gasteiger partial charge in [-0.3, -0.25) is 0 Å². The molecule has 1 heterocycles. The van der Waals surface area contributed by atoms with Gasteiger partial charge < -0.3 is 15.0 Å². The molecule has 1 fully saturated rings. The predicted molar refractivity (Wildman–Crippen MR) is 68.8 cm³/mol. The normalized spacial score (nSPS) is 23.8. The molecule has 3 nitrogen and oxygen atoms in total. The summed E-state index contributed by atoms with van der Waals surface area (Å²) in [6.07, 6.45) is 3.87. The molecule has 0 radical (unpaired) electrons. The van der Waals surface area contributed by atoms with E-state index in [1.165, 1.54) is 38.9 Å². The first-order valence-electron chi connectivity index (χ1n) is 6.74. The molecule has 0 amide bonds. The van der Waals surface area contributed by atoms with E-state index in [2.05, 4.69) is 24.1 Å². The van der Waals surface area contributed by atoms with Crippen LogP contribution in [0.2, 0.25) is 0 Å². The predicted octanol–water partition coefficient (Wildman–Crippen LogP) is 1.73. The number of nitrogens with one attached hydrogen (secondary N) is 1. The van der Waals surface area contributed by atoms with Gasteiger partial charge in [0.15, 0.2) is 0 Å². The molecule has 2 unspecified atom stereocenters. The zero-order valence-electron chi connectivity index (χ0n) is 11.2. The van der Waals surface area contributed by atoms with Crippen molar-refractivity contribution < 1.29 is 4.74 Å². The second kappa shape index (κ2) is 8.04. The third-order valence-electron chi connectivity index (χ3n) is 3.38. The van der Waals surface area contributed by atoms with Gasteiger partial charge in [-0.1, -0.05) is 20.3 Å². The van der Waals surface area contributed by atoms with Crippen molar-refractivity contribution in [2.45, 2.75) is 39.2 Å². The van der Waals surface area contributed by atoms with E-state index in [0.717, 1.165) is 19.1 Å². The molecule has 0 aliphatic carbocycles. The van der Waals surface area contributed by atoms with Crippen LogP contribution >= 0.6 is 0 Å². The molecule has 2 atom stereocenters. The van der Waals surface area contributed by atoms with Crippen molar-refractivity contribution in [3.63, 3.8) is 0 Å². The maximum absolute atomic E-state index is 5.23. The summed E-state index contributed by atoms with van der Waals surface area (Å²) in [6, 6.07) is 0.677. The first kappa shape index (κ1) is 13.9. The maximum atomic E-state index is 5.23. The van der Waals surface area contributed by atoms with E-state index < -0.39 is 0 Å². The van der Waals surface area contributed by atoms with Crippen LogP contribution in [0.1, 0.15) is 33.1 Å². The Morgan fingerprint density at radius 2 is 2.25 bits per heavy atom. The average molecular weight is 228 g/mol. The van der Waals surface area contributed by atoms with Crippen LogP contribution < -0.4 is 5.32 Å². The summed E-state index contributed by atoms with van der Waals surface area (Å²) in [4.78, 5) is 2.59. The largest absolute Gasteiger partial charge is 0.384 e. The molecule has 96 valence electrons. The summed E-state index contributed by atoms with van der Waals surface area (Å²) in [6.45, 7) is 10.2. The molecule has 1 aliphatic heterocycles. The van der Waals surface area contributed by atoms with E-state index in [1.807, 2.05) is 0 Å². The van der Waals surface area contributed by atoms with E-state index in [-0.39, 0.29) is 0 Å². The first-order chi connectivity index (χ1) is 7.80. The second-order valence-corrected chi connectivity index (χ2v) is 4.91. The van der Waals surface area contributed by atoms with E-state index in [9.17, 15) is 0 Å². The molecule has 0 spiro atoms. The number of hydrogen-bond acceptors (Lipinski definition) is 3. The number of likely N-dealkylation sites (N-methyl/N-ethyl adjacent to an activating group) is 1. The van der Waals surface area contributed by atoms with Crippen LogP contribution in [0.3, 0.4) is 0 Å². The highest BCUT2D eigenvalue weighted by atomic mass is 16.5. The van der Waals surface area contributed by atoms with E-state index in [1.54, 1.807) is 7.11 Å². The number of methoxy groups -OCH3 is 1. The fraction of sp³-hybridized carbons (Fsp3) is 1.00. The van der Waals surface area contributed by atoms with Crippen LogP contribution in [-0.4, -0.2) is 50.8 Å². The molecule has 3 heteroatoms. The molecule has 0 saturated carbocycles. The Hall–Kier alpha value is -0.120. The molecule has 0 aromatic rings. The Balaban J connectivity index is 2.24. The lowest BCUT2D eigenvalue weighted by molar-refractivity contribution is 0.151. The zero-order valence-corrected chi connectivity index (χ0v) is 11.2. The second-order valence-electron chi connectivity index (χ2n) is 4.91. The minimum absolute atomic E-state index is 0.677. The fourth-order valence-corrected chi connectivity index (χ4v) is 2.66. The van der Waals surface area contributed by atoms with Gasteiger partial charge in [0.05, 0.1) is 6.61 Å². The highest BCUT2D eigenvalue weighted by molar-refractivity contribution is 4.79. The van der Waals surface area contributed by atoms with E-state index in [0.29, 0.717) is 6.04 Å². The molecular weight excluding hydrogens is 200 g/mol. The Morgan fingerprint density at radius 1 is 1.44 bits per heavy atom. The highest BCUT2D eigenvalue weighted by Gasteiger charge is 2.23. The molecule has 0 aromatic carbocycles. The van der Waals surface area contributed by atoms with Gasteiger partial charge in [0.25, 0.3) is 0 Å². The summed E-state index contributed by atoms with van der Waals surface area (Å²) >= 11 is 0. The molecule has 0 bridgehead atoms. The lowest BCUT2D eigenvalue weighted by atomic mass is 10.1. The molecule has 0 aromatic heterocycles. The van der Waals surface area contributed by atoms with Gasteiger partial charge in [0.2, 0.25) is 0 Å². The van der Waals surface area contributed by atoms with Crippen LogP contribution in [0.5, 0.6) is 0 Å². The van der Waals surface area contributed by atoms with Crippen LogP contribution in [0.25, 0.3) is 0 Å². The van der Waals surface area contributed by atoms with Gasteiger partial charge in [0, 0.05) is 26.2 Å². The third kappa shape index (κ3) is 4.81. The van der Waals surface area contributed by atoms with E-state index >= 15 is 0 Å². The summed E-state index contributed by atoms with van der Waals surface area (Å²) < 4.78 is 5.23. The van der Waals surface area contributed by atoms with Crippen LogP contribution in [-0.2, 0) is 4.74 Å². The average Bonchev–Trinajstić information content (AvgIpc) is 2.67. The van der Waals surface area contributed by atoms with Gasteiger partial charge in [-0.15, -0.1) is 0 Å². The van der Waals surface area contributed by atoms with Crippen LogP contribution in [0, 0.1) is 5.92 Å². The quantitative estimate of drug-likeness (QED) is 0.685. The number of likely N-dealkylation sites (tertiary alicyclic amines) is 1. The molecule has 16 heavy (non-hydrogen) atoms. The minimum atomic E-state index is 0.677. The first-order valence-corrected chi connectivity index (χ1v) is 6.74.